The Morgan fingerprint density at radius 1 is 0.651 bits per heavy atom. The summed E-state index contributed by atoms with van der Waals surface area (Å²) in [7, 11) is -11.2. The van der Waals surface area contributed by atoms with E-state index >= 15 is 0 Å². The first kappa shape index (κ1) is 77.9. The maximum absolute atomic E-state index is 13.6. The van der Waals surface area contributed by atoms with Crippen LogP contribution in [0.4, 0.5) is 26.0 Å². The second-order valence-electron chi connectivity index (χ2n) is 15.6. The number of nitrogens with zero attached hydrogens (tertiary/aromatic N) is 3. The van der Waals surface area contributed by atoms with E-state index in [0.717, 1.165) is 56.7 Å². The largest absolute Gasteiger partial charge is 0.714 e. The van der Waals surface area contributed by atoms with Crippen molar-refractivity contribution in [2.75, 3.05) is 13.2 Å². The molecule has 7 aromatic rings. The minimum atomic E-state index is -5.28. The summed E-state index contributed by atoms with van der Waals surface area (Å²) in [6.07, 6.45) is 2.50. The monoisotopic (exact) mass is 1360 g/mol. The van der Waals surface area contributed by atoms with E-state index in [0.29, 0.717) is 41.8 Å². The third kappa shape index (κ3) is 30.6. The standard InChI is InChI=1S/C19H17P.C16H13F2NO.C9H13BO3.C7H2BrF2N.2C2H4O2.CF2NO3P2.CH4.Pd/c1-16-10-8-9-15-19(16)20(17-11-4-2-5-12-17)18-13-6-3-7-14-18;1-2-7-20-13-5-3-11(4-6-13)12-8-15(17)14(10-19)16(18)9-12;1-2-7-13-9-5-3-8(4-6-9)10(11)12;8-4-1-6(9)5(3-11)7(10)2-4;2*1-2(3)4;2-8(5)9(3,6)7-1-4;;/h2-15H,1H3;3-6,8-9H,2,7H2,1H3;3-6,11-12H,2,7H2,1H3;1-2H;2*1H3,(H,3,4);;1H4;/q;;;;;;+1;;. The van der Waals surface area contributed by atoms with E-state index in [-0.39, 0.29) is 32.3 Å². The van der Waals surface area contributed by atoms with Gasteiger partial charge >= 0.3 is 22.3 Å². The van der Waals surface area contributed by atoms with Gasteiger partial charge in [0.2, 0.25) is 0 Å². The van der Waals surface area contributed by atoms with Gasteiger partial charge in [0.25, 0.3) is 18.2 Å². The van der Waals surface area contributed by atoms with Gasteiger partial charge in [0.05, 0.1) is 17.4 Å². The Kier molecular flexibility index (Phi) is 40.0. The van der Waals surface area contributed by atoms with Gasteiger partial charge in [0.1, 0.15) is 58.0 Å². The molecule has 0 saturated heterocycles. The number of hydrogen-bond donors (Lipinski definition) is 4. The molecule has 0 amide bonds. The van der Waals surface area contributed by atoms with Crippen molar-refractivity contribution >= 4 is 79.5 Å². The van der Waals surface area contributed by atoms with Gasteiger partial charge < -0.3 is 34.3 Å². The normalized spacial score (nSPS) is 10.2. The number of nitriles is 3. The number of carbonyl (C=O) groups is 2. The smallest absolute Gasteiger partial charge is 0.494 e. The van der Waals surface area contributed by atoms with Crippen molar-refractivity contribution in [3.05, 3.63) is 202 Å². The van der Waals surface area contributed by atoms with Crippen molar-refractivity contribution < 1.29 is 99.4 Å². The molecule has 0 aromatic heterocycles. The first-order valence-electron chi connectivity index (χ1n) is 23.5. The van der Waals surface area contributed by atoms with Gasteiger partial charge in [0.15, 0.2) is 0 Å². The van der Waals surface area contributed by atoms with Gasteiger partial charge in [-0.2, -0.15) is 15.1 Å². The summed E-state index contributed by atoms with van der Waals surface area (Å²) in [6, 6.07) is 51.4. The molecule has 4 N–H and O–H groups in total. The predicted octanol–water partition coefficient (Wildman–Crippen LogP) is 13.9. The first-order valence-corrected chi connectivity index (χ1v) is 29.0. The molecular weight excluding hydrogens is 1310 g/mol. The summed E-state index contributed by atoms with van der Waals surface area (Å²) < 4.78 is 109. The van der Waals surface area contributed by atoms with Gasteiger partial charge in [0, 0.05) is 38.7 Å². The number of aryl methyl sites for hydroxylation is 1. The number of carboxylic acids is 2. The van der Waals surface area contributed by atoms with Crippen LogP contribution in [0, 0.1) is 64.4 Å². The Morgan fingerprint density at radius 2 is 1.01 bits per heavy atom. The van der Waals surface area contributed by atoms with E-state index in [1.165, 1.54) is 33.6 Å². The fourth-order valence-electron chi connectivity index (χ4n) is 5.89. The minimum Gasteiger partial charge on any atom is -0.494 e. The molecule has 26 heteroatoms. The number of ether oxygens (including phenoxy) is 2. The quantitative estimate of drug-likeness (QED) is 0.0363. The van der Waals surface area contributed by atoms with Crippen LogP contribution in [0.2, 0.25) is 0 Å². The van der Waals surface area contributed by atoms with Crippen molar-refractivity contribution in [3.63, 3.8) is 0 Å². The van der Waals surface area contributed by atoms with Crippen LogP contribution < -0.4 is 30.9 Å². The van der Waals surface area contributed by atoms with Crippen LogP contribution in [0.15, 0.2) is 162 Å². The molecule has 0 aliphatic heterocycles. The number of hydrogen-bond acceptors (Lipinski definition) is 12. The number of benzene rings is 7. The summed E-state index contributed by atoms with van der Waals surface area (Å²) in [6.45, 7) is 9.72. The molecule has 0 bridgehead atoms. The molecule has 2 unspecified atom stereocenters. The van der Waals surface area contributed by atoms with Crippen molar-refractivity contribution in [3.8, 4) is 41.0 Å². The summed E-state index contributed by atoms with van der Waals surface area (Å²) in [5, 5.41) is 61.0. The van der Waals surface area contributed by atoms with Crippen LogP contribution in [0.1, 0.15) is 64.7 Å². The first-order chi connectivity index (χ1) is 38.4. The molecule has 0 fully saturated rings. The Labute approximate surface area is 503 Å². The van der Waals surface area contributed by atoms with Crippen LogP contribution in [0.3, 0.4) is 0 Å². The summed E-state index contributed by atoms with van der Waals surface area (Å²) in [5.41, 5.74) is 1.79. The topological polar surface area (TPSA) is 248 Å². The van der Waals surface area contributed by atoms with Crippen LogP contribution in [0.25, 0.3) is 11.1 Å². The summed E-state index contributed by atoms with van der Waals surface area (Å²) in [5.74, 6) is -3.60. The molecule has 0 aliphatic rings. The molecule has 7 rings (SSSR count). The summed E-state index contributed by atoms with van der Waals surface area (Å²) in [4.78, 5) is 18.0. The molecule has 14 nitrogen and oxygen atoms in total. The molecule has 7 aromatic carbocycles. The molecule has 0 heterocycles. The fourth-order valence-corrected chi connectivity index (χ4v) is 9.22. The molecule has 83 heavy (non-hydrogen) atoms. The molecule has 0 aliphatic carbocycles. The van der Waals surface area contributed by atoms with Gasteiger partial charge in [-0.15, -0.1) is 9.46 Å². The van der Waals surface area contributed by atoms with Crippen LogP contribution in [0.5, 0.6) is 11.5 Å². The number of halogens is 7. The second-order valence-corrected chi connectivity index (χ2v) is 22.7. The molecule has 0 spiro atoms. The van der Waals surface area contributed by atoms with E-state index in [9.17, 15) is 35.1 Å². The van der Waals surface area contributed by atoms with Gasteiger partial charge in [-0.3, -0.25) is 9.59 Å². The van der Waals surface area contributed by atoms with Crippen LogP contribution >= 0.6 is 39.0 Å². The predicted molar refractivity (Wildman–Crippen MR) is 310 cm³/mol. The maximum Gasteiger partial charge on any atom is 0.714 e. The Morgan fingerprint density at radius 3 is 1.34 bits per heavy atom. The SMILES string of the molecule is C.CC(=O)O.CC(=O)O.CCCOc1ccc(-c2cc(F)c(C#N)c(F)c2)cc1.CCCOc1ccc(B(O)O)cc1.Cc1ccccc1P(c1ccccc1)c1ccccc1.N#COP(=O)(F)[P+](=O)F.N#Cc1c(F)cc(Br)cc1F.[Pd]. The van der Waals surface area contributed by atoms with E-state index in [1.807, 2.05) is 13.8 Å². The third-order valence-electron chi connectivity index (χ3n) is 9.31. The van der Waals surface area contributed by atoms with Gasteiger partial charge in [-0.25, -0.2) is 17.6 Å². The molecular formula is C57H57BBrF6N3O11P3Pd+. The van der Waals surface area contributed by atoms with E-state index in [2.05, 4.69) is 112 Å². The molecule has 0 saturated carbocycles. The fraction of sp³-hybridized carbons (Fsp3) is 0.175. The second kappa shape index (κ2) is 42.6. The third-order valence-corrected chi connectivity index (χ3v) is 14.4. The Balaban J connectivity index is 0. The van der Waals surface area contributed by atoms with Crippen molar-refractivity contribution in [2.24, 2.45) is 0 Å². The average Bonchev–Trinajstić information content (AvgIpc) is 3.61. The molecule has 2 atom stereocenters. The average molecular weight is 1360 g/mol. The van der Waals surface area contributed by atoms with Gasteiger partial charge in [-0.05, 0) is 119 Å². The van der Waals surface area contributed by atoms with Gasteiger partial charge in [-0.1, -0.05) is 146 Å². The van der Waals surface area contributed by atoms with E-state index in [1.54, 1.807) is 48.5 Å². The van der Waals surface area contributed by atoms with Crippen molar-refractivity contribution in [1.29, 1.82) is 15.8 Å². The Hall–Kier alpha value is -7.18. The zero-order chi connectivity index (χ0) is 61.1. The van der Waals surface area contributed by atoms with Crippen molar-refractivity contribution in [1.82, 2.24) is 0 Å². The maximum atomic E-state index is 13.6. The Bertz CT molecular complexity index is 3170. The molecule has 442 valence electrons. The number of aliphatic carboxylic acids is 2. The van der Waals surface area contributed by atoms with Crippen molar-refractivity contribution in [2.45, 2.75) is 54.9 Å². The van der Waals surface area contributed by atoms with Crippen LogP contribution in [-0.2, 0) is 43.7 Å². The van der Waals surface area contributed by atoms with E-state index in [4.69, 9.17) is 55.1 Å². The minimum absolute atomic E-state index is 0. The zero-order valence-electron chi connectivity index (χ0n) is 44.2. The number of carboxylic acid groups (broad SMARTS) is 2. The van der Waals surface area contributed by atoms with E-state index < -0.39 is 76.5 Å². The molecule has 0 radical (unpaired) electrons. The summed E-state index contributed by atoms with van der Waals surface area (Å²) >= 11 is 2.89. The zero-order valence-corrected chi connectivity index (χ0v) is 50.0. The van der Waals surface area contributed by atoms with Crippen LogP contribution in [-0.4, -0.2) is 52.5 Å². The number of rotatable bonds is 13.